The fourth-order valence-electron chi connectivity index (χ4n) is 2.71. The van der Waals surface area contributed by atoms with Crippen LogP contribution in [0, 0.1) is 6.92 Å². The molecule has 144 valence electrons. The Labute approximate surface area is 169 Å². The number of esters is 1. The van der Waals surface area contributed by atoms with Gasteiger partial charge >= 0.3 is 5.97 Å². The van der Waals surface area contributed by atoms with Crippen molar-refractivity contribution in [2.24, 2.45) is 0 Å². The first-order valence-electron chi connectivity index (χ1n) is 8.81. The number of carbonyl (C=O) groups excluding carboxylic acids is 1. The minimum atomic E-state index is -0.418. The van der Waals surface area contributed by atoms with Crippen LogP contribution in [0.1, 0.15) is 22.5 Å². The van der Waals surface area contributed by atoms with E-state index in [-0.39, 0.29) is 0 Å². The summed E-state index contributed by atoms with van der Waals surface area (Å²) >= 11 is 6.20. The molecule has 2 aromatic carbocycles. The van der Waals surface area contributed by atoms with Gasteiger partial charge in [0.05, 0.1) is 19.3 Å². The molecule has 28 heavy (non-hydrogen) atoms. The first kappa shape index (κ1) is 19.7. The van der Waals surface area contributed by atoms with Gasteiger partial charge in [0, 0.05) is 22.4 Å². The van der Waals surface area contributed by atoms with E-state index in [4.69, 9.17) is 16.3 Å². The maximum atomic E-state index is 11.3. The highest BCUT2D eigenvalue weighted by molar-refractivity contribution is 6.30. The van der Waals surface area contributed by atoms with E-state index in [0.717, 1.165) is 22.6 Å². The third kappa shape index (κ3) is 5.24. The SMILES string of the molecule is COC(=O)C=Cc1cc(C)n(Cc2cc(Cl)ccc2OCc2ccccc2)n1. The van der Waals surface area contributed by atoms with Gasteiger partial charge < -0.3 is 9.47 Å². The van der Waals surface area contributed by atoms with E-state index in [9.17, 15) is 4.79 Å². The molecule has 0 aliphatic rings. The van der Waals surface area contributed by atoms with Crippen molar-refractivity contribution in [1.29, 1.82) is 0 Å². The Hall–Kier alpha value is -3.05. The number of nitrogens with zero attached hydrogens (tertiary/aromatic N) is 2. The topological polar surface area (TPSA) is 53.4 Å². The molecule has 1 aromatic heterocycles. The molecule has 0 atom stereocenters. The van der Waals surface area contributed by atoms with E-state index < -0.39 is 5.97 Å². The zero-order valence-corrected chi connectivity index (χ0v) is 16.5. The second-order valence-corrected chi connectivity index (χ2v) is 6.69. The van der Waals surface area contributed by atoms with Gasteiger partial charge in [-0.15, -0.1) is 0 Å². The van der Waals surface area contributed by atoms with Crippen LogP contribution < -0.4 is 4.74 Å². The van der Waals surface area contributed by atoms with Gasteiger partial charge in [-0.2, -0.15) is 5.10 Å². The third-order valence-electron chi connectivity index (χ3n) is 4.17. The number of aromatic nitrogens is 2. The van der Waals surface area contributed by atoms with Gasteiger partial charge in [-0.05, 0) is 42.8 Å². The number of halogens is 1. The van der Waals surface area contributed by atoms with E-state index in [1.165, 1.54) is 13.2 Å². The molecule has 0 unspecified atom stereocenters. The van der Waals surface area contributed by atoms with Crippen molar-refractivity contribution in [3.05, 3.63) is 88.2 Å². The summed E-state index contributed by atoms with van der Waals surface area (Å²) in [5.74, 6) is 0.341. The molecule has 0 saturated carbocycles. The minimum Gasteiger partial charge on any atom is -0.489 e. The van der Waals surface area contributed by atoms with Gasteiger partial charge in [-0.1, -0.05) is 41.9 Å². The molecule has 0 amide bonds. The zero-order valence-electron chi connectivity index (χ0n) is 15.8. The molecule has 0 saturated heterocycles. The van der Waals surface area contributed by atoms with Gasteiger partial charge in [0.1, 0.15) is 12.4 Å². The van der Waals surface area contributed by atoms with E-state index in [1.54, 1.807) is 6.08 Å². The number of rotatable bonds is 7. The molecule has 0 bridgehead atoms. The van der Waals surface area contributed by atoms with Crippen LogP contribution >= 0.6 is 11.6 Å². The van der Waals surface area contributed by atoms with Crippen molar-refractivity contribution >= 4 is 23.6 Å². The lowest BCUT2D eigenvalue weighted by molar-refractivity contribution is -0.134. The van der Waals surface area contributed by atoms with Crippen LogP contribution in [0.2, 0.25) is 5.02 Å². The molecule has 0 radical (unpaired) electrons. The maximum absolute atomic E-state index is 11.3. The average Bonchev–Trinajstić information content (AvgIpc) is 3.05. The van der Waals surface area contributed by atoms with Gasteiger partial charge in [0.2, 0.25) is 0 Å². The van der Waals surface area contributed by atoms with E-state index in [0.29, 0.717) is 23.9 Å². The average molecular weight is 397 g/mol. The van der Waals surface area contributed by atoms with Crippen LogP contribution in [-0.2, 0) is 22.7 Å². The summed E-state index contributed by atoms with van der Waals surface area (Å²) < 4.78 is 12.5. The summed E-state index contributed by atoms with van der Waals surface area (Å²) in [7, 11) is 1.34. The standard InChI is InChI=1S/C22H21ClN2O3/c1-16-12-20(9-11-22(26)27-2)24-25(16)14-18-13-19(23)8-10-21(18)28-15-17-6-4-3-5-7-17/h3-13H,14-15H2,1-2H3. The molecule has 0 fully saturated rings. The molecule has 0 spiro atoms. The van der Waals surface area contributed by atoms with E-state index in [1.807, 2.05) is 66.2 Å². The highest BCUT2D eigenvalue weighted by atomic mass is 35.5. The second-order valence-electron chi connectivity index (χ2n) is 6.25. The Kier molecular flexibility index (Phi) is 6.50. The highest BCUT2D eigenvalue weighted by Crippen LogP contribution is 2.25. The predicted molar refractivity (Wildman–Crippen MR) is 109 cm³/mol. The van der Waals surface area contributed by atoms with Crippen LogP contribution in [0.3, 0.4) is 0 Å². The summed E-state index contributed by atoms with van der Waals surface area (Å²) in [5.41, 5.74) is 3.65. The van der Waals surface area contributed by atoms with Gasteiger partial charge in [-0.3, -0.25) is 4.68 Å². The van der Waals surface area contributed by atoms with Crippen molar-refractivity contribution in [3.63, 3.8) is 0 Å². The number of hydrogen-bond acceptors (Lipinski definition) is 4. The summed E-state index contributed by atoms with van der Waals surface area (Å²) in [5, 5.41) is 5.16. The molecule has 0 aliphatic heterocycles. The van der Waals surface area contributed by atoms with Crippen LogP contribution in [0.25, 0.3) is 6.08 Å². The zero-order chi connectivity index (χ0) is 19.9. The number of carbonyl (C=O) groups is 1. The van der Waals surface area contributed by atoms with Crippen LogP contribution in [0.5, 0.6) is 5.75 Å². The van der Waals surface area contributed by atoms with Gasteiger partial charge in [0.25, 0.3) is 0 Å². The second kappa shape index (κ2) is 9.24. The fourth-order valence-corrected chi connectivity index (χ4v) is 2.90. The lowest BCUT2D eigenvalue weighted by atomic mass is 10.2. The molecule has 1 heterocycles. The van der Waals surface area contributed by atoms with E-state index in [2.05, 4.69) is 9.84 Å². The van der Waals surface area contributed by atoms with E-state index >= 15 is 0 Å². The number of benzene rings is 2. The molecule has 6 heteroatoms. The van der Waals surface area contributed by atoms with Crippen molar-refractivity contribution in [1.82, 2.24) is 9.78 Å². The van der Waals surface area contributed by atoms with Crippen LogP contribution in [0.4, 0.5) is 0 Å². The number of ether oxygens (including phenoxy) is 2. The smallest absolute Gasteiger partial charge is 0.330 e. The summed E-state index contributed by atoms with van der Waals surface area (Å²) in [6.07, 6.45) is 2.97. The number of methoxy groups -OCH3 is 1. The number of hydrogen-bond donors (Lipinski definition) is 0. The molecule has 0 N–H and O–H groups in total. The van der Waals surface area contributed by atoms with Gasteiger partial charge in [-0.25, -0.2) is 4.79 Å². The Balaban J connectivity index is 1.78. The Bertz CT molecular complexity index is 981. The molecule has 5 nitrogen and oxygen atoms in total. The van der Waals surface area contributed by atoms with Gasteiger partial charge in [0.15, 0.2) is 0 Å². The molecule has 3 rings (SSSR count). The third-order valence-corrected chi connectivity index (χ3v) is 4.41. The largest absolute Gasteiger partial charge is 0.489 e. The lowest BCUT2D eigenvalue weighted by Crippen LogP contribution is -2.06. The summed E-state index contributed by atoms with van der Waals surface area (Å²) in [6.45, 7) is 2.93. The minimum absolute atomic E-state index is 0.418. The van der Waals surface area contributed by atoms with Crippen molar-refractivity contribution in [3.8, 4) is 5.75 Å². The predicted octanol–water partition coefficient (Wildman–Crippen LogP) is 4.66. The Morgan fingerprint density at radius 2 is 1.96 bits per heavy atom. The molecule has 0 aliphatic carbocycles. The Morgan fingerprint density at radius 1 is 1.18 bits per heavy atom. The first-order valence-corrected chi connectivity index (χ1v) is 9.18. The normalized spacial score (nSPS) is 11.0. The van der Waals surface area contributed by atoms with Crippen molar-refractivity contribution < 1.29 is 14.3 Å². The summed E-state index contributed by atoms with van der Waals surface area (Å²) in [4.78, 5) is 11.3. The number of aryl methyl sites for hydroxylation is 1. The quantitative estimate of drug-likeness (QED) is 0.430. The van der Waals surface area contributed by atoms with Crippen LogP contribution in [-0.4, -0.2) is 22.9 Å². The monoisotopic (exact) mass is 396 g/mol. The Morgan fingerprint density at radius 3 is 2.71 bits per heavy atom. The summed E-state index contributed by atoms with van der Waals surface area (Å²) in [6, 6.07) is 17.4. The van der Waals surface area contributed by atoms with Crippen molar-refractivity contribution in [2.75, 3.05) is 7.11 Å². The molecular formula is C22H21ClN2O3. The highest BCUT2D eigenvalue weighted by Gasteiger charge is 2.10. The maximum Gasteiger partial charge on any atom is 0.330 e. The molecule has 3 aromatic rings. The van der Waals surface area contributed by atoms with Crippen molar-refractivity contribution in [2.45, 2.75) is 20.1 Å². The fraction of sp³-hybridized carbons (Fsp3) is 0.182. The molecular weight excluding hydrogens is 376 g/mol. The van der Waals surface area contributed by atoms with Crippen LogP contribution in [0.15, 0.2) is 60.7 Å². The first-order chi connectivity index (χ1) is 13.5. The lowest BCUT2D eigenvalue weighted by Gasteiger charge is -2.13.